The van der Waals surface area contributed by atoms with Gasteiger partial charge in [-0.15, -0.1) is 0 Å². The van der Waals surface area contributed by atoms with E-state index < -0.39 is 10.4 Å². The number of rotatable bonds is 3. The van der Waals surface area contributed by atoms with Gasteiger partial charge in [-0.2, -0.15) is 0 Å². The molecule has 0 saturated heterocycles. The minimum atomic E-state index is -4.41. The molecule has 0 amide bonds. The summed E-state index contributed by atoms with van der Waals surface area (Å²) in [5, 5.41) is 10.9. The third-order valence-corrected chi connectivity index (χ3v) is 5.54. The lowest BCUT2D eigenvalue weighted by Gasteiger charge is -1.98. The van der Waals surface area contributed by atoms with Crippen molar-refractivity contribution in [3.63, 3.8) is 0 Å². The van der Waals surface area contributed by atoms with Crippen molar-refractivity contribution in [2.24, 2.45) is 24.3 Å². The highest BCUT2D eigenvalue weighted by atomic mass is 79.9. The van der Waals surface area contributed by atoms with E-state index in [2.05, 4.69) is 61.0 Å². The summed E-state index contributed by atoms with van der Waals surface area (Å²) in [6.07, 6.45) is 1.98. The summed E-state index contributed by atoms with van der Waals surface area (Å²) in [4.78, 5) is 0. The zero-order chi connectivity index (χ0) is 19.5. The number of halogens is 1. The highest BCUT2D eigenvalue weighted by Gasteiger charge is 2.15. The van der Waals surface area contributed by atoms with Crippen LogP contribution in [0, 0.1) is 6.92 Å². The van der Waals surface area contributed by atoms with Gasteiger partial charge in [0.25, 0.3) is 0 Å². The molecule has 8 nitrogen and oxygen atoms in total. The van der Waals surface area contributed by atoms with Gasteiger partial charge in [-0.1, -0.05) is 18.2 Å². The van der Waals surface area contributed by atoms with Gasteiger partial charge in [0.2, 0.25) is 10.4 Å². The van der Waals surface area contributed by atoms with Crippen LogP contribution in [-0.4, -0.2) is 24.6 Å². The van der Waals surface area contributed by atoms with E-state index in [-0.39, 0.29) is 0 Å². The molecule has 140 valence electrons. The van der Waals surface area contributed by atoms with Crippen molar-refractivity contribution in [1.82, 2.24) is 4.57 Å². The summed E-state index contributed by atoms with van der Waals surface area (Å²) >= 11 is 5.02. The summed E-state index contributed by atoms with van der Waals surface area (Å²) in [7, 11) is 0.414. The topological polar surface area (TPSA) is 100.0 Å². The van der Waals surface area contributed by atoms with Crippen LogP contribution in [0.1, 0.15) is 5.69 Å². The lowest BCUT2D eigenvalue weighted by molar-refractivity contribution is -0.654. The lowest BCUT2D eigenvalue weighted by Crippen LogP contribution is -2.23. The number of fused-ring (bicyclic) bond motifs is 1. The zero-order valence-electron chi connectivity index (χ0n) is 14.5. The second-order valence-corrected chi connectivity index (χ2v) is 8.75. The molecule has 0 spiro atoms. The Hall–Kier alpha value is -1.66. The van der Waals surface area contributed by atoms with Crippen LogP contribution in [0.2, 0.25) is 0 Å². The van der Waals surface area contributed by atoms with E-state index in [1.165, 1.54) is 5.52 Å². The Bertz CT molecular complexity index is 1060. The minimum absolute atomic E-state index is 0.808. The summed E-state index contributed by atoms with van der Waals surface area (Å²) in [6, 6.07) is 8.26. The van der Waals surface area contributed by atoms with Gasteiger partial charge in [0.15, 0.2) is 0 Å². The van der Waals surface area contributed by atoms with E-state index in [4.69, 9.17) is 0 Å². The van der Waals surface area contributed by atoms with Crippen LogP contribution >= 0.6 is 27.3 Å². The largest absolute Gasteiger partial charge is 0.726 e. The Balaban J connectivity index is 0.000000352. The molecule has 0 N–H and O–H groups in total. The summed E-state index contributed by atoms with van der Waals surface area (Å²) in [5.74, 6) is 0. The lowest BCUT2D eigenvalue weighted by atomic mass is 10.2. The van der Waals surface area contributed by atoms with Crippen LogP contribution in [0.3, 0.4) is 0 Å². The van der Waals surface area contributed by atoms with E-state index in [1.54, 1.807) is 11.3 Å². The standard InChI is InChI=1S/C14H14BrN4S.CH4O4S/c1-9-13(10-6-4-5-7-11(10)19(9)3)16-17-14-18(2)8-12(15)20-14;1-5-6(2,3)4/h4-8H,1-3H3;1H3,(H,2,3,4)/q+1;/p-1. The van der Waals surface area contributed by atoms with Crippen molar-refractivity contribution < 1.29 is 21.7 Å². The van der Waals surface area contributed by atoms with Crippen molar-refractivity contribution in [2.45, 2.75) is 6.92 Å². The Morgan fingerprint density at radius 2 is 1.92 bits per heavy atom. The highest BCUT2D eigenvalue weighted by Crippen LogP contribution is 2.34. The van der Waals surface area contributed by atoms with E-state index in [1.807, 2.05) is 29.9 Å². The van der Waals surface area contributed by atoms with Gasteiger partial charge in [0.05, 0.1) is 24.8 Å². The van der Waals surface area contributed by atoms with Crippen LogP contribution in [0.25, 0.3) is 10.9 Å². The van der Waals surface area contributed by atoms with Gasteiger partial charge in [-0.25, -0.2) is 13.0 Å². The Kier molecular flexibility index (Phi) is 6.64. The molecule has 11 heteroatoms. The predicted molar refractivity (Wildman–Crippen MR) is 102 cm³/mol. The molecule has 2 aromatic heterocycles. The average Bonchev–Trinajstić information content (AvgIpc) is 3.03. The molecule has 1 aromatic carbocycles. The van der Waals surface area contributed by atoms with E-state index in [9.17, 15) is 13.0 Å². The zero-order valence-corrected chi connectivity index (χ0v) is 17.7. The second kappa shape index (κ2) is 8.35. The molecule has 0 aliphatic carbocycles. The molecule has 0 aliphatic rings. The normalized spacial score (nSPS) is 11.8. The number of aromatic nitrogens is 2. The van der Waals surface area contributed by atoms with Crippen molar-refractivity contribution in [2.75, 3.05) is 7.11 Å². The quantitative estimate of drug-likeness (QED) is 0.257. The van der Waals surface area contributed by atoms with Crippen LogP contribution < -0.4 is 4.57 Å². The SMILES string of the molecule is COS(=O)(=O)[O-].Cc1c(N=Nc2sc(Br)c[n+]2C)c2ccccc2n1C. The van der Waals surface area contributed by atoms with Gasteiger partial charge in [-0.3, -0.25) is 4.18 Å². The Morgan fingerprint density at radius 1 is 1.31 bits per heavy atom. The maximum absolute atomic E-state index is 9.22. The Morgan fingerprint density at radius 3 is 2.46 bits per heavy atom. The van der Waals surface area contributed by atoms with E-state index in [0.717, 1.165) is 32.8 Å². The number of benzene rings is 1. The molecular weight excluding hydrogens is 444 g/mol. The maximum atomic E-state index is 9.22. The van der Waals surface area contributed by atoms with Gasteiger partial charge < -0.3 is 9.12 Å². The fourth-order valence-electron chi connectivity index (χ4n) is 2.20. The van der Waals surface area contributed by atoms with Crippen molar-refractivity contribution in [3.05, 3.63) is 39.9 Å². The second-order valence-electron chi connectivity index (χ2n) is 5.21. The van der Waals surface area contributed by atoms with Crippen molar-refractivity contribution in [3.8, 4) is 0 Å². The average molecular weight is 461 g/mol. The molecule has 0 atom stereocenters. The number of para-hydroxylation sites is 1. The molecule has 0 fully saturated rings. The van der Waals surface area contributed by atoms with Gasteiger partial charge >= 0.3 is 5.13 Å². The molecule has 3 aromatic rings. The Labute approximate surface area is 163 Å². The molecule has 0 radical (unpaired) electrons. The molecule has 0 saturated carbocycles. The molecular formula is C15H17BrN4O4S2. The van der Waals surface area contributed by atoms with Gasteiger partial charge in [-0.05, 0) is 45.4 Å². The van der Waals surface area contributed by atoms with Crippen molar-refractivity contribution >= 4 is 59.4 Å². The number of aryl methyl sites for hydroxylation is 2. The number of hydrogen-bond acceptors (Lipinski definition) is 7. The molecule has 0 unspecified atom stereocenters. The maximum Gasteiger partial charge on any atom is 0.409 e. The van der Waals surface area contributed by atoms with Gasteiger partial charge in [0.1, 0.15) is 15.7 Å². The summed E-state index contributed by atoms with van der Waals surface area (Å²) in [5.41, 5.74) is 3.23. The predicted octanol–water partition coefficient (Wildman–Crippen LogP) is 3.64. The summed E-state index contributed by atoms with van der Waals surface area (Å²) in [6.45, 7) is 2.07. The molecule has 26 heavy (non-hydrogen) atoms. The number of thiazole rings is 1. The highest BCUT2D eigenvalue weighted by molar-refractivity contribution is 9.11. The number of nitrogens with zero attached hydrogens (tertiary/aromatic N) is 4. The van der Waals surface area contributed by atoms with E-state index in [0.29, 0.717) is 0 Å². The minimum Gasteiger partial charge on any atom is -0.726 e. The monoisotopic (exact) mass is 460 g/mol. The third-order valence-electron chi connectivity index (χ3n) is 3.59. The first-order chi connectivity index (χ1) is 12.1. The smallest absolute Gasteiger partial charge is 0.409 e. The van der Waals surface area contributed by atoms with Crippen LogP contribution in [-0.2, 0) is 28.7 Å². The fourth-order valence-corrected chi connectivity index (χ4v) is 3.61. The fraction of sp³-hybridized carbons (Fsp3) is 0.267. The first-order valence-corrected chi connectivity index (χ1v) is 10.2. The van der Waals surface area contributed by atoms with Crippen molar-refractivity contribution in [1.29, 1.82) is 0 Å². The molecule has 3 rings (SSSR count). The van der Waals surface area contributed by atoms with Crippen LogP contribution in [0.15, 0.2) is 44.5 Å². The number of azo groups is 1. The number of hydrogen-bond donors (Lipinski definition) is 0. The first-order valence-electron chi connectivity index (χ1n) is 7.26. The molecule has 0 aliphatic heterocycles. The third kappa shape index (κ3) is 4.95. The van der Waals surface area contributed by atoms with E-state index >= 15 is 0 Å². The van der Waals surface area contributed by atoms with Crippen LogP contribution in [0.5, 0.6) is 0 Å². The first kappa shape index (κ1) is 20.6. The van der Waals surface area contributed by atoms with Gasteiger partial charge in [0, 0.05) is 18.1 Å². The molecule has 0 bridgehead atoms. The summed E-state index contributed by atoms with van der Waals surface area (Å²) < 4.78 is 36.2. The van der Waals surface area contributed by atoms with Crippen LogP contribution in [0.4, 0.5) is 10.8 Å². The molecule has 2 heterocycles.